The second-order valence-electron chi connectivity index (χ2n) is 2.93. The van der Waals surface area contributed by atoms with Gasteiger partial charge in [-0.1, -0.05) is 39.8 Å². The van der Waals surface area contributed by atoms with Gasteiger partial charge in [-0.25, -0.2) is 0 Å². The summed E-state index contributed by atoms with van der Waals surface area (Å²) in [6.07, 6.45) is 2.09. The minimum Gasteiger partial charge on any atom is -0.351 e. The van der Waals surface area contributed by atoms with Gasteiger partial charge in [-0.2, -0.15) is 0 Å². The number of nitrogens with zero attached hydrogens (tertiary/aromatic N) is 1. The van der Waals surface area contributed by atoms with Crippen LogP contribution in [0.15, 0.2) is 30.5 Å². The SMILES string of the molecule is CC.CC.Cc1cccc2c1ccn2C. The summed E-state index contributed by atoms with van der Waals surface area (Å²) in [5, 5.41) is 1.36. The second kappa shape index (κ2) is 7.10. The maximum Gasteiger partial charge on any atom is 0.0480 e. The van der Waals surface area contributed by atoms with Gasteiger partial charge < -0.3 is 4.57 Å². The van der Waals surface area contributed by atoms with E-state index in [-0.39, 0.29) is 0 Å². The molecule has 2 aromatic rings. The molecule has 0 N–H and O–H groups in total. The number of benzene rings is 1. The molecule has 0 saturated heterocycles. The van der Waals surface area contributed by atoms with Crippen LogP contribution < -0.4 is 0 Å². The van der Waals surface area contributed by atoms with Gasteiger partial charge in [0.1, 0.15) is 0 Å². The van der Waals surface area contributed by atoms with Crippen LogP contribution in [0.5, 0.6) is 0 Å². The number of rotatable bonds is 0. The van der Waals surface area contributed by atoms with Gasteiger partial charge in [-0.05, 0) is 24.6 Å². The fraction of sp³-hybridized carbons (Fsp3) is 0.429. The van der Waals surface area contributed by atoms with Gasteiger partial charge in [0.05, 0.1) is 0 Å². The van der Waals surface area contributed by atoms with E-state index in [1.54, 1.807) is 0 Å². The third kappa shape index (κ3) is 3.12. The highest BCUT2D eigenvalue weighted by Gasteiger charge is 1.97. The first-order valence-corrected chi connectivity index (χ1v) is 5.80. The number of aromatic nitrogens is 1. The molecule has 0 spiro atoms. The summed E-state index contributed by atoms with van der Waals surface area (Å²) < 4.78 is 2.14. The van der Waals surface area contributed by atoms with Crippen molar-refractivity contribution in [3.8, 4) is 0 Å². The lowest BCUT2D eigenvalue weighted by atomic mass is 10.1. The first kappa shape index (κ1) is 13.8. The van der Waals surface area contributed by atoms with Crippen molar-refractivity contribution < 1.29 is 0 Å². The molecule has 0 aliphatic carbocycles. The van der Waals surface area contributed by atoms with Gasteiger partial charge in [-0.3, -0.25) is 0 Å². The summed E-state index contributed by atoms with van der Waals surface area (Å²) in [4.78, 5) is 0. The molecule has 1 nitrogen and oxygen atoms in total. The molecule has 0 atom stereocenters. The first-order chi connectivity index (χ1) is 7.29. The van der Waals surface area contributed by atoms with E-state index in [2.05, 4.69) is 49.0 Å². The van der Waals surface area contributed by atoms with E-state index < -0.39 is 0 Å². The Morgan fingerprint density at radius 2 is 1.53 bits per heavy atom. The lowest BCUT2D eigenvalue weighted by molar-refractivity contribution is 0.969. The van der Waals surface area contributed by atoms with Crippen molar-refractivity contribution in [1.29, 1.82) is 0 Å². The maximum atomic E-state index is 2.16. The highest BCUT2D eigenvalue weighted by molar-refractivity contribution is 5.83. The van der Waals surface area contributed by atoms with E-state index in [0.717, 1.165) is 0 Å². The molecular weight excluding hydrogens is 182 g/mol. The van der Waals surface area contributed by atoms with E-state index in [4.69, 9.17) is 0 Å². The zero-order valence-corrected chi connectivity index (χ0v) is 10.8. The molecule has 0 saturated carbocycles. The predicted molar refractivity (Wildman–Crippen MR) is 70.4 cm³/mol. The summed E-state index contributed by atoms with van der Waals surface area (Å²) in [7, 11) is 2.07. The van der Waals surface area contributed by atoms with Gasteiger partial charge in [0.25, 0.3) is 0 Å². The minimum atomic E-state index is 1.31. The number of fused-ring (bicyclic) bond motifs is 1. The normalized spacial score (nSPS) is 8.67. The summed E-state index contributed by atoms with van der Waals surface area (Å²) in [6, 6.07) is 8.53. The lowest BCUT2D eigenvalue weighted by Gasteiger charge is -1.96. The van der Waals surface area contributed by atoms with Gasteiger partial charge in [0.2, 0.25) is 0 Å². The lowest BCUT2D eigenvalue weighted by Crippen LogP contribution is -1.83. The highest BCUT2D eigenvalue weighted by Crippen LogP contribution is 2.17. The maximum absolute atomic E-state index is 2.16. The Labute approximate surface area is 93.7 Å². The number of hydrogen-bond acceptors (Lipinski definition) is 0. The molecule has 0 aliphatic rings. The standard InChI is InChI=1S/C10H11N.2C2H6/c1-8-4-3-5-10-9(8)6-7-11(10)2;2*1-2/h3-7H,1-2H3;2*1-2H3. The van der Waals surface area contributed by atoms with Crippen LogP contribution in [0.2, 0.25) is 0 Å². The molecule has 0 radical (unpaired) electrons. The van der Waals surface area contributed by atoms with Crippen molar-refractivity contribution in [3.05, 3.63) is 36.0 Å². The van der Waals surface area contributed by atoms with Crippen LogP contribution in [0.1, 0.15) is 33.3 Å². The number of aryl methyl sites for hydroxylation is 2. The van der Waals surface area contributed by atoms with Crippen LogP contribution in [-0.4, -0.2) is 4.57 Å². The topological polar surface area (TPSA) is 4.93 Å². The second-order valence-corrected chi connectivity index (χ2v) is 2.93. The van der Waals surface area contributed by atoms with Crippen molar-refractivity contribution in [2.24, 2.45) is 7.05 Å². The van der Waals surface area contributed by atoms with E-state index >= 15 is 0 Å². The molecule has 0 bridgehead atoms. The highest BCUT2D eigenvalue weighted by atomic mass is 14.9. The average molecular weight is 205 g/mol. The molecule has 0 aliphatic heterocycles. The predicted octanol–water partition coefficient (Wildman–Crippen LogP) is 4.54. The molecule has 1 heterocycles. The molecule has 0 fully saturated rings. The zero-order valence-electron chi connectivity index (χ0n) is 10.8. The Balaban J connectivity index is 0.000000442. The molecule has 1 heteroatoms. The third-order valence-electron chi connectivity index (χ3n) is 2.15. The van der Waals surface area contributed by atoms with Crippen LogP contribution in [0.25, 0.3) is 10.9 Å². The van der Waals surface area contributed by atoms with Crippen LogP contribution in [0.4, 0.5) is 0 Å². The summed E-state index contributed by atoms with van der Waals surface area (Å²) in [5.74, 6) is 0. The van der Waals surface area contributed by atoms with Crippen LogP contribution >= 0.6 is 0 Å². The fourth-order valence-electron chi connectivity index (χ4n) is 1.46. The fourth-order valence-corrected chi connectivity index (χ4v) is 1.46. The Morgan fingerprint density at radius 1 is 0.933 bits per heavy atom. The first-order valence-electron chi connectivity index (χ1n) is 5.80. The molecule has 15 heavy (non-hydrogen) atoms. The molecule has 2 rings (SSSR count). The summed E-state index contributed by atoms with van der Waals surface area (Å²) in [6.45, 7) is 10.1. The Kier molecular flexibility index (Phi) is 6.52. The molecular formula is C14H23N. The van der Waals surface area contributed by atoms with E-state index in [1.165, 1.54) is 16.5 Å². The van der Waals surface area contributed by atoms with Gasteiger partial charge >= 0.3 is 0 Å². The Morgan fingerprint density at radius 3 is 2.07 bits per heavy atom. The van der Waals surface area contributed by atoms with Crippen molar-refractivity contribution in [2.75, 3.05) is 0 Å². The average Bonchev–Trinajstić information content (AvgIpc) is 2.68. The smallest absolute Gasteiger partial charge is 0.0480 e. The molecule has 1 aromatic carbocycles. The van der Waals surface area contributed by atoms with Crippen molar-refractivity contribution >= 4 is 10.9 Å². The number of hydrogen-bond donors (Lipinski definition) is 0. The van der Waals surface area contributed by atoms with Crippen molar-refractivity contribution in [2.45, 2.75) is 34.6 Å². The molecule has 0 amide bonds. The quantitative estimate of drug-likeness (QED) is 0.595. The van der Waals surface area contributed by atoms with Crippen molar-refractivity contribution in [3.63, 3.8) is 0 Å². The molecule has 84 valence electrons. The Bertz CT molecular complexity index is 385. The van der Waals surface area contributed by atoms with Gasteiger partial charge in [0.15, 0.2) is 0 Å². The van der Waals surface area contributed by atoms with Gasteiger partial charge in [-0.15, -0.1) is 0 Å². The third-order valence-corrected chi connectivity index (χ3v) is 2.15. The monoisotopic (exact) mass is 205 g/mol. The van der Waals surface area contributed by atoms with Crippen LogP contribution in [-0.2, 0) is 7.05 Å². The minimum absolute atomic E-state index is 1.31. The summed E-state index contributed by atoms with van der Waals surface area (Å²) in [5.41, 5.74) is 2.66. The van der Waals surface area contributed by atoms with Gasteiger partial charge in [0, 0.05) is 24.1 Å². The van der Waals surface area contributed by atoms with Crippen LogP contribution in [0, 0.1) is 6.92 Å². The largest absolute Gasteiger partial charge is 0.351 e. The zero-order chi connectivity index (χ0) is 11.8. The Hall–Kier alpha value is -1.24. The summed E-state index contributed by atoms with van der Waals surface area (Å²) >= 11 is 0. The van der Waals surface area contributed by atoms with E-state index in [1.807, 2.05) is 27.7 Å². The van der Waals surface area contributed by atoms with E-state index in [9.17, 15) is 0 Å². The van der Waals surface area contributed by atoms with E-state index in [0.29, 0.717) is 0 Å². The molecule has 0 unspecified atom stereocenters. The van der Waals surface area contributed by atoms with Crippen molar-refractivity contribution in [1.82, 2.24) is 4.57 Å². The van der Waals surface area contributed by atoms with Crippen LogP contribution in [0.3, 0.4) is 0 Å². The molecule has 1 aromatic heterocycles.